The third-order valence-corrected chi connectivity index (χ3v) is 5.98. The van der Waals surface area contributed by atoms with Crippen LogP contribution in [0.25, 0.3) is 0 Å². The second-order valence-corrected chi connectivity index (χ2v) is 7.58. The molecule has 0 aromatic heterocycles. The van der Waals surface area contributed by atoms with Crippen molar-refractivity contribution in [3.8, 4) is 0 Å². The van der Waals surface area contributed by atoms with Gasteiger partial charge in [-0.25, -0.2) is 9.18 Å². The van der Waals surface area contributed by atoms with Crippen LogP contribution in [0.3, 0.4) is 0 Å². The molecule has 1 amide bonds. The van der Waals surface area contributed by atoms with Crippen LogP contribution in [-0.2, 0) is 4.79 Å². The number of amides is 1. The molecule has 4 rings (SSSR count). The first-order valence-corrected chi connectivity index (χ1v) is 9.26. The molecule has 1 aromatic carbocycles. The van der Waals surface area contributed by atoms with Crippen molar-refractivity contribution in [1.29, 1.82) is 0 Å². The average molecular weight is 362 g/mol. The van der Waals surface area contributed by atoms with Crippen LogP contribution in [0.15, 0.2) is 18.2 Å². The number of hydrogen-bond donors (Lipinski definition) is 2. The first-order valence-electron chi connectivity index (χ1n) is 9.26. The lowest BCUT2D eigenvalue weighted by atomic mass is 9.68. The molecule has 2 fully saturated rings. The van der Waals surface area contributed by atoms with Crippen molar-refractivity contribution in [3.63, 3.8) is 0 Å². The molecule has 1 heterocycles. The van der Waals surface area contributed by atoms with Gasteiger partial charge in [-0.2, -0.15) is 0 Å². The molecule has 2 aliphatic carbocycles. The fourth-order valence-corrected chi connectivity index (χ4v) is 4.62. The van der Waals surface area contributed by atoms with Gasteiger partial charge in [0.2, 0.25) is 0 Å². The Labute approximate surface area is 151 Å². The van der Waals surface area contributed by atoms with Crippen molar-refractivity contribution in [2.24, 2.45) is 5.92 Å². The zero-order valence-corrected chi connectivity index (χ0v) is 14.5. The third-order valence-electron chi connectivity index (χ3n) is 5.98. The Bertz CT molecular complexity index is 736. The third kappa shape index (κ3) is 2.94. The van der Waals surface area contributed by atoms with Crippen LogP contribution in [0.5, 0.6) is 0 Å². The van der Waals surface area contributed by atoms with Gasteiger partial charge in [0.1, 0.15) is 5.82 Å². The minimum atomic E-state index is -1.03. The number of carboxylic acid groups (broad SMARTS) is 2. The second kappa shape index (κ2) is 6.54. The van der Waals surface area contributed by atoms with Crippen LogP contribution in [0.4, 0.5) is 14.9 Å². The van der Waals surface area contributed by atoms with E-state index < -0.39 is 17.9 Å². The predicted octanol–water partition coefficient (Wildman–Crippen LogP) is 3.47. The standard InChI is InChI=1S/C19H23FN2O4/c20-11-3-6-14-16(10-11)22(19(25)26)15-8-7-13(15)18(14)21(12-4-5-12)9-1-2-17(23)24/h3,6,10,12-13,15,18H,1-2,4-5,7-9H2,(H,23,24)(H,25,26)/t13-,15+,18?/m1/s1. The van der Waals surface area contributed by atoms with E-state index in [2.05, 4.69) is 4.90 Å². The topological polar surface area (TPSA) is 81.1 Å². The number of nitrogens with zero attached hydrogens (tertiary/aromatic N) is 2. The molecule has 0 bridgehead atoms. The quantitative estimate of drug-likeness (QED) is 0.810. The van der Waals surface area contributed by atoms with Crippen LogP contribution in [0, 0.1) is 11.7 Å². The Balaban J connectivity index is 1.69. The van der Waals surface area contributed by atoms with Gasteiger partial charge in [0.15, 0.2) is 0 Å². The molecular formula is C19H23FN2O4. The highest BCUT2D eigenvalue weighted by Gasteiger charge is 2.52. The SMILES string of the molecule is O=C(O)CCCN(C1CC1)C1c2ccc(F)cc2N(C(=O)O)[C@H]2CC[C@@H]12. The molecule has 2 saturated carbocycles. The van der Waals surface area contributed by atoms with Gasteiger partial charge in [0, 0.05) is 24.5 Å². The maximum absolute atomic E-state index is 13.9. The molecule has 2 N–H and O–H groups in total. The number of benzene rings is 1. The number of anilines is 1. The van der Waals surface area contributed by atoms with Crippen LogP contribution in [-0.4, -0.2) is 45.8 Å². The molecule has 140 valence electrons. The molecule has 1 aromatic rings. The fraction of sp³-hybridized carbons (Fsp3) is 0.579. The van der Waals surface area contributed by atoms with E-state index in [1.54, 1.807) is 6.07 Å². The van der Waals surface area contributed by atoms with E-state index in [4.69, 9.17) is 5.11 Å². The molecule has 0 radical (unpaired) electrons. The summed E-state index contributed by atoms with van der Waals surface area (Å²) in [5.74, 6) is -1.05. The smallest absolute Gasteiger partial charge is 0.412 e. The fourth-order valence-electron chi connectivity index (χ4n) is 4.62. The lowest BCUT2D eigenvalue weighted by molar-refractivity contribution is -0.137. The Hall–Kier alpha value is -2.15. The first kappa shape index (κ1) is 17.3. The molecule has 0 saturated heterocycles. The van der Waals surface area contributed by atoms with Crippen LogP contribution >= 0.6 is 0 Å². The van der Waals surface area contributed by atoms with Crippen LogP contribution in [0.1, 0.15) is 50.1 Å². The summed E-state index contributed by atoms with van der Waals surface area (Å²) in [6.07, 6.45) is 3.56. The molecule has 1 unspecified atom stereocenters. The van der Waals surface area contributed by atoms with E-state index in [1.807, 2.05) is 0 Å². The summed E-state index contributed by atoms with van der Waals surface area (Å²) in [4.78, 5) is 26.4. The minimum absolute atomic E-state index is 0.0428. The van der Waals surface area contributed by atoms with Gasteiger partial charge in [-0.15, -0.1) is 0 Å². The molecule has 7 heteroatoms. The summed E-state index contributed by atoms with van der Waals surface area (Å²) < 4.78 is 13.9. The minimum Gasteiger partial charge on any atom is -0.481 e. The van der Waals surface area contributed by atoms with Crippen LogP contribution < -0.4 is 4.90 Å². The highest BCUT2D eigenvalue weighted by molar-refractivity contribution is 5.89. The zero-order chi connectivity index (χ0) is 18.4. The van der Waals surface area contributed by atoms with Gasteiger partial charge in [-0.1, -0.05) is 6.07 Å². The first-order chi connectivity index (χ1) is 12.5. The van der Waals surface area contributed by atoms with Crippen molar-refractivity contribution in [2.45, 2.75) is 56.7 Å². The molecule has 0 spiro atoms. The number of halogens is 1. The Morgan fingerprint density at radius 3 is 2.54 bits per heavy atom. The number of fused-ring (bicyclic) bond motifs is 2. The Morgan fingerprint density at radius 1 is 1.19 bits per heavy atom. The maximum atomic E-state index is 13.9. The molecule has 3 aliphatic rings. The lowest BCUT2D eigenvalue weighted by Gasteiger charge is -2.54. The Kier molecular flexibility index (Phi) is 4.34. The summed E-state index contributed by atoms with van der Waals surface area (Å²) in [7, 11) is 0. The normalized spacial score (nSPS) is 26.8. The summed E-state index contributed by atoms with van der Waals surface area (Å²) >= 11 is 0. The molecule has 1 aliphatic heterocycles. The molecular weight excluding hydrogens is 339 g/mol. The molecule has 26 heavy (non-hydrogen) atoms. The van der Waals surface area contributed by atoms with E-state index in [1.165, 1.54) is 17.0 Å². The van der Waals surface area contributed by atoms with E-state index in [9.17, 15) is 19.1 Å². The Morgan fingerprint density at radius 2 is 1.96 bits per heavy atom. The number of hydrogen-bond acceptors (Lipinski definition) is 3. The summed E-state index contributed by atoms with van der Waals surface area (Å²) in [6, 6.07) is 4.78. The summed E-state index contributed by atoms with van der Waals surface area (Å²) in [5.41, 5.74) is 1.31. The summed E-state index contributed by atoms with van der Waals surface area (Å²) in [6.45, 7) is 0.675. The van der Waals surface area contributed by atoms with Gasteiger partial charge in [0.05, 0.1) is 5.69 Å². The van der Waals surface area contributed by atoms with E-state index in [0.717, 1.165) is 31.2 Å². The average Bonchev–Trinajstić information content (AvgIpc) is 3.37. The van der Waals surface area contributed by atoms with Gasteiger partial charge >= 0.3 is 12.1 Å². The maximum Gasteiger partial charge on any atom is 0.412 e. The van der Waals surface area contributed by atoms with Gasteiger partial charge < -0.3 is 10.2 Å². The molecule has 3 atom stereocenters. The number of rotatable bonds is 6. The predicted molar refractivity (Wildman–Crippen MR) is 92.8 cm³/mol. The van der Waals surface area contributed by atoms with Crippen molar-refractivity contribution >= 4 is 17.7 Å². The second-order valence-electron chi connectivity index (χ2n) is 7.58. The highest BCUT2D eigenvalue weighted by Crippen LogP contribution is 2.54. The lowest BCUT2D eigenvalue weighted by Crippen LogP contribution is -2.58. The van der Waals surface area contributed by atoms with Crippen LogP contribution in [0.2, 0.25) is 0 Å². The van der Waals surface area contributed by atoms with Gasteiger partial charge in [0.25, 0.3) is 0 Å². The highest BCUT2D eigenvalue weighted by atomic mass is 19.1. The van der Waals surface area contributed by atoms with E-state index in [-0.39, 0.29) is 24.4 Å². The largest absolute Gasteiger partial charge is 0.481 e. The number of carbonyl (C=O) groups is 2. The zero-order valence-electron chi connectivity index (χ0n) is 14.5. The number of aliphatic carboxylic acids is 1. The number of carboxylic acids is 1. The molecule has 6 nitrogen and oxygen atoms in total. The van der Waals surface area contributed by atoms with Gasteiger partial charge in [-0.3, -0.25) is 14.6 Å². The summed E-state index contributed by atoms with van der Waals surface area (Å²) in [5, 5.41) is 18.6. The van der Waals surface area contributed by atoms with Crippen molar-refractivity contribution in [1.82, 2.24) is 4.90 Å². The monoisotopic (exact) mass is 362 g/mol. The van der Waals surface area contributed by atoms with Gasteiger partial charge in [-0.05, 0) is 62.3 Å². The van der Waals surface area contributed by atoms with Crippen molar-refractivity contribution in [3.05, 3.63) is 29.6 Å². The van der Waals surface area contributed by atoms with E-state index in [0.29, 0.717) is 24.7 Å². The van der Waals surface area contributed by atoms with E-state index >= 15 is 0 Å². The van der Waals surface area contributed by atoms with Crippen molar-refractivity contribution in [2.75, 3.05) is 11.4 Å². The van der Waals surface area contributed by atoms with Crippen molar-refractivity contribution < 1.29 is 24.2 Å².